The van der Waals surface area contributed by atoms with E-state index in [-0.39, 0.29) is 0 Å². The summed E-state index contributed by atoms with van der Waals surface area (Å²) in [7, 11) is 2.19. The summed E-state index contributed by atoms with van der Waals surface area (Å²) in [6.07, 6.45) is 5.36. The zero-order valence-corrected chi connectivity index (χ0v) is 11.8. The minimum atomic E-state index is 0.448. The molecule has 0 radical (unpaired) electrons. The average molecular weight is 260 g/mol. The Morgan fingerprint density at radius 2 is 2.32 bits per heavy atom. The van der Waals surface area contributed by atoms with Crippen molar-refractivity contribution in [2.24, 2.45) is 0 Å². The van der Waals surface area contributed by atoms with Gasteiger partial charge in [-0.05, 0) is 49.9 Å². The van der Waals surface area contributed by atoms with Gasteiger partial charge in [0, 0.05) is 31.9 Å². The number of aryl methyl sites for hydroxylation is 1. The minimum absolute atomic E-state index is 0.448. The molecule has 3 rings (SSSR count). The molecule has 1 atom stereocenters. The van der Waals surface area contributed by atoms with Gasteiger partial charge in [-0.1, -0.05) is 12.1 Å². The Labute approximate surface area is 115 Å². The molecule has 104 valence electrons. The molecule has 2 heterocycles. The zero-order valence-electron chi connectivity index (χ0n) is 11.8. The van der Waals surface area contributed by atoms with Crippen LogP contribution in [0.2, 0.25) is 0 Å². The van der Waals surface area contributed by atoms with Crippen molar-refractivity contribution in [2.75, 3.05) is 32.1 Å². The zero-order chi connectivity index (χ0) is 13.1. The van der Waals surface area contributed by atoms with E-state index in [4.69, 9.17) is 4.74 Å². The van der Waals surface area contributed by atoms with E-state index in [0.717, 1.165) is 26.2 Å². The van der Waals surface area contributed by atoms with E-state index < -0.39 is 0 Å². The van der Waals surface area contributed by atoms with Crippen LogP contribution in [0.15, 0.2) is 18.2 Å². The quantitative estimate of drug-likeness (QED) is 0.900. The Hall–Kier alpha value is -1.06. The van der Waals surface area contributed by atoms with Crippen molar-refractivity contribution in [3.05, 3.63) is 29.3 Å². The highest BCUT2D eigenvalue weighted by atomic mass is 16.5. The Morgan fingerprint density at radius 1 is 1.37 bits per heavy atom. The third-order valence-electron chi connectivity index (χ3n) is 4.10. The molecule has 0 amide bonds. The molecule has 0 bridgehead atoms. The van der Waals surface area contributed by atoms with Crippen LogP contribution in [-0.4, -0.2) is 37.7 Å². The number of rotatable bonds is 4. The summed E-state index contributed by atoms with van der Waals surface area (Å²) in [4.78, 5) is 2.38. The molecule has 19 heavy (non-hydrogen) atoms. The number of fused-ring (bicyclic) bond motifs is 1. The fraction of sp³-hybridized carbons (Fsp3) is 0.625. The molecule has 1 unspecified atom stereocenters. The Morgan fingerprint density at radius 3 is 3.16 bits per heavy atom. The Balaban J connectivity index is 1.59. The first-order chi connectivity index (χ1) is 9.31. The van der Waals surface area contributed by atoms with E-state index in [1.54, 1.807) is 0 Å². The van der Waals surface area contributed by atoms with E-state index in [0.29, 0.717) is 6.10 Å². The third-order valence-corrected chi connectivity index (χ3v) is 4.10. The first-order valence-corrected chi connectivity index (χ1v) is 7.47. The molecular weight excluding hydrogens is 236 g/mol. The number of benzene rings is 1. The second-order valence-corrected chi connectivity index (χ2v) is 5.85. The van der Waals surface area contributed by atoms with Gasteiger partial charge in [0.2, 0.25) is 0 Å². The lowest BCUT2D eigenvalue weighted by Crippen LogP contribution is -2.28. The lowest BCUT2D eigenvalue weighted by atomic mass is 10.0. The van der Waals surface area contributed by atoms with E-state index in [1.165, 1.54) is 42.5 Å². The van der Waals surface area contributed by atoms with Crippen LogP contribution in [0.25, 0.3) is 0 Å². The van der Waals surface area contributed by atoms with Crippen LogP contribution in [0.3, 0.4) is 0 Å². The highest BCUT2D eigenvalue weighted by molar-refractivity contribution is 5.54. The van der Waals surface area contributed by atoms with Gasteiger partial charge in [-0.3, -0.25) is 4.90 Å². The van der Waals surface area contributed by atoms with Crippen LogP contribution in [0.5, 0.6) is 0 Å². The molecular formula is C16H24N2O. The SMILES string of the molecule is CN(Cc1ccc2c(c1)CCCN2)CC1CCCO1. The summed E-state index contributed by atoms with van der Waals surface area (Å²) in [5, 5.41) is 3.47. The van der Waals surface area contributed by atoms with Crippen LogP contribution < -0.4 is 5.32 Å². The molecule has 1 aromatic rings. The van der Waals surface area contributed by atoms with Crippen molar-refractivity contribution in [3.8, 4) is 0 Å². The fourth-order valence-electron chi connectivity index (χ4n) is 3.14. The van der Waals surface area contributed by atoms with Gasteiger partial charge in [0.25, 0.3) is 0 Å². The van der Waals surface area contributed by atoms with Crippen molar-refractivity contribution < 1.29 is 4.74 Å². The lowest BCUT2D eigenvalue weighted by Gasteiger charge is -2.22. The largest absolute Gasteiger partial charge is 0.385 e. The average Bonchev–Trinajstić information content (AvgIpc) is 2.91. The van der Waals surface area contributed by atoms with E-state index in [9.17, 15) is 0 Å². The van der Waals surface area contributed by atoms with E-state index >= 15 is 0 Å². The van der Waals surface area contributed by atoms with Crippen molar-refractivity contribution >= 4 is 5.69 Å². The van der Waals surface area contributed by atoms with Gasteiger partial charge in [0.15, 0.2) is 0 Å². The van der Waals surface area contributed by atoms with Gasteiger partial charge < -0.3 is 10.1 Å². The molecule has 3 heteroatoms. The van der Waals surface area contributed by atoms with Gasteiger partial charge in [0.05, 0.1) is 6.10 Å². The van der Waals surface area contributed by atoms with Crippen molar-refractivity contribution in [1.82, 2.24) is 4.90 Å². The van der Waals surface area contributed by atoms with Gasteiger partial charge in [0.1, 0.15) is 0 Å². The Bertz CT molecular complexity index is 427. The predicted octanol–water partition coefficient (Wildman–Crippen LogP) is 2.66. The molecule has 2 aliphatic heterocycles. The minimum Gasteiger partial charge on any atom is -0.385 e. The van der Waals surface area contributed by atoms with Crippen LogP contribution in [0, 0.1) is 0 Å². The summed E-state index contributed by atoms with van der Waals surface area (Å²) < 4.78 is 5.70. The van der Waals surface area contributed by atoms with Crippen LogP contribution in [0.4, 0.5) is 5.69 Å². The van der Waals surface area contributed by atoms with Gasteiger partial charge in [-0.15, -0.1) is 0 Å². The fourth-order valence-corrected chi connectivity index (χ4v) is 3.14. The normalized spacial score (nSPS) is 22.3. The monoisotopic (exact) mass is 260 g/mol. The van der Waals surface area contributed by atoms with Gasteiger partial charge >= 0.3 is 0 Å². The Kier molecular flexibility index (Phi) is 4.04. The number of ether oxygens (including phenoxy) is 1. The van der Waals surface area contributed by atoms with Gasteiger partial charge in [-0.2, -0.15) is 0 Å². The molecule has 0 saturated carbocycles. The highest BCUT2D eigenvalue weighted by Crippen LogP contribution is 2.23. The van der Waals surface area contributed by atoms with Crippen LogP contribution >= 0.6 is 0 Å². The van der Waals surface area contributed by atoms with Crippen LogP contribution in [-0.2, 0) is 17.7 Å². The summed E-state index contributed by atoms with van der Waals surface area (Å²) in [5.74, 6) is 0. The molecule has 1 N–H and O–H groups in total. The number of nitrogens with zero attached hydrogens (tertiary/aromatic N) is 1. The molecule has 1 aromatic carbocycles. The maximum absolute atomic E-state index is 5.70. The first kappa shape index (κ1) is 12.9. The first-order valence-electron chi connectivity index (χ1n) is 7.47. The molecule has 1 fully saturated rings. The number of nitrogens with one attached hydrogen (secondary N) is 1. The van der Waals surface area contributed by atoms with Crippen molar-refractivity contribution in [1.29, 1.82) is 0 Å². The van der Waals surface area contributed by atoms with Crippen LogP contribution in [0.1, 0.15) is 30.4 Å². The molecule has 0 aliphatic carbocycles. The second-order valence-electron chi connectivity index (χ2n) is 5.85. The molecule has 0 aromatic heterocycles. The molecule has 0 spiro atoms. The molecule has 3 nitrogen and oxygen atoms in total. The standard InChI is InChI=1S/C16H24N2O/c1-18(12-15-5-3-9-19-15)11-13-6-7-16-14(10-13)4-2-8-17-16/h6-7,10,15,17H,2-5,8-9,11-12H2,1H3. The van der Waals surface area contributed by atoms with E-state index in [1.807, 2.05) is 0 Å². The second kappa shape index (κ2) is 5.93. The number of hydrogen-bond acceptors (Lipinski definition) is 3. The predicted molar refractivity (Wildman–Crippen MR) is 78.6 cm³/mol. The van der Waals surface area contributed by atoms with E-state index in [2.05, 4.69) is 35.5 Å². The van der Waals surface area contributed by atoms with Gasteiger partial charge in [-0.25, -0.2) is 0 Å². The summed E-state index contributed by atoms with van der Waals surface area (Å²) in [6, 6.07) is 6.86. The summed E-state index contributed by atoms with van der Waals surface area (Å²) >= 11 is 0. The smallest absolute Gasteiger partial charge is 0.0702 e. The summed E-state index contributed by atoms with van der Waals surface area (Å²) in [5.41, 5.74) is 4.23. The lowest BCUT2D eigenvalue weighted by molar-refractivity contribution is 0.0793. The third kappa shape index (κ3) is 3.28. The molecule has 1 saturated heterocycles. The number of likely N-dealkylation sites (N-methyl/N-ethyl adjacent to an activating group) is 1. The number of anilines is 1. The number of hydrogen-bond donors (Lipinski definition) is 1. The highest BCUT2D eigenvalue weighted by Gasteiger charge is 2.17. The topological polar surface area (TPSA) is 24.5 Å². The summed E-state index contributed by atoms with van der Waals surface area (Å²) in [6.45, 7) is 4.14. The van der Waals surface area contributed by atoms with Crippen molar-refractivity contribution in [2.45, 2.75) is 38.3 Å². The maximum Gasteiger partial charge on any atom is 0.0702 e. The maximum atomic E-state index is 5.70. The molecule has 2 aliphatic rings. The van der Waals surface area contributed by atoms with Crippen molar-refractivity contribution in [3.63, 3.8) is 0 Å².